The highest BCUT2D eigenvalue weighted by molar-refractivity contribution is 4.65. The Labute approximate surface area is 73.7 Å². The van der Waals surface area contributed by atoms with Gasteiger partial charge in [-0.05, 0) is 0 Å². The number of nitrogens with zero attached hydrogens (tertiary/aromatic N) is 6. The van der Waals surface area contributed by atoms with Crippen molar-refractivity contribution in [2.75, 3.05) is 26.7 Å². The van der Waals surface area contributed by atoms with Crippen LogP contribution in [0.4, 0.5) is 0 Å². The van der Waals surface area contributed by atoms with E-state index in [4.69, 9.17) is 0 Å². The minimum Gasteiger partial charge on any atom is -0.229 e. The molecule has 2 saturated heterocycles. The van der Waals surface area contributed by atoms with Crippen molar-refractivity contribution in [1.82, 2.24) is 25.6 Å². The van der Waals surface area contributed by atoms with Crippen LogP contribution in [0.3, 0.4) is 0 Å². The summed E-state index contributed by atoms with van der Waals surface area (Å²) in [7, 11) is 0. The maximum absolute atomic E-state index is 10.2. The van der Waals surface area contributed by atoms with Gasteiger partial charge in [0.05, 0.1) is 10.6 Å². The van der Waals surface area contributed by atoms with Gasteiger partial charge in [0.15, 0.2) is 0 Å². The molecule has 13 heavy (non-hydrogen) atoms. The van der Waals surface area contributed by atoms with Gasteiger partial charge in [-0.1, -0.05) is 0 Å². The summed E-state index contributed by atoms with van der Waals surface area (Å²) < 4.78 is 0. The molecule has 0 amide bonds. The molecule has 2 rings (SSSR count). The lowest BCUT2D eigenvalue weighted by Gasteiger charge is -2.45. The highest BCUT2D eigenvalue weighted by atomic mass is 16.3. The van der Waals surface area contributed by atoms with Gasteiger partial charge in [-0.2, -0.15) is 15.6 Å². The Kier molecular flexibility index (Phi) is 2.04. The van der Waals surface area contributed by atoms with Gasteiger partial charge in [0.25, 0.3) is 0 Å². The van der Waals surface area contributed by atoms with Crippen LogP contribution in [0.25, 0.3) is 0 Å². The van der Waals surface area contributed by atoms with Crippen molar-refractivity contribution in [2.45, 2.75) is 0 Å². The Morgan fingerprint density at radius 2 is 1.23 bits per heavy atom. The summed E-state index contributed by atoms with van der Waals surface area (Å²) in [5, 5.41) is 11.6. The smallest absolute Gasteiger partial charge is 0.109 e. The number of hydrogen-bond acceptors (Lipinski definition) is 7. The van der Waals surface area contributed by atoms with E-state index in [0.717, 1.165) is 0 Å². The van der Waals surface area contributed by atoms with Crippen LogP contribution in [0.5, 0.6) is 0 Å². The molecule has 9 nitrogen and oxygen atoms in total. The van der Waals surface area contributed by atoms with Gasteiger partial charge >= 0.3 is 0 Å². The maximum atomic E-state index is 10.2. The number of fused-ring (bicyclic) bond motifs is 2. The van der Waals surface area contributed by atoms with Crippen LogP contribution >= 0.6 is 0 Å². The monoisotopic (exact) mass is 187 g/mol. The third-order valence-corrected chi connectivity index (χ3v) is 1.85. The molecule has 0 radical (unpaired) electrons. The number of rotatable bonds is 2. The standard InChI is InChI=1S/C4H9N7O2/c12-6-10-1-8-2-11(7-13)4-9(3-10)5-8/h5H,1-4H2. The predicted molar refractivity (Wildman–Crippen MR) is 41.5 cm³/mol. The zero-order valence-electron chi connectivity index (χ0n) is 6.83. The molecule has 9 heteroatoms. The average Bonchev–Trinajstić information content (AvgIpc) is 2.16. The summed E-state index contributed by atoms with van der Waals surface area (Å²) in [6.07, 6.45) is 0. The first-order chi connectivity index (χ1) is 6.31. The second-order valence-corrected chi connectivity index (χ2v) is 2.92. The second-order valence-electron chi connectivity index (χ2n) is 2.92. The number of hydrazine groups is 2. The molecule has 1 N–H and O–H groups in total. The zero-order valence-corrected chi connectivity index (χ0v) is 6.83. The van der Waals surface area contributed by atoms with Crippen LogP contribution in [-0.2, 0) is 0 Å². The Morgan fingerprint density at radius 3 is 1.54 bits per heavy atom. The third-order valence-electron chi connectivity index (χ3n) is 1.85. The Hall–Kier alpha value is -1.32. The average molecular weight is 187 g/mol. The van der Waals surface area contributed by atoms with E-state index in [1.165, 1.54) is 10.0 Å². The van der Waals surface area contributed by atoms with E-state index in [2.05, 4.69) is 16.1 Å². The minimum absolute atomic E-state index is 0.353. The van der Waals surface area contributed by atoms with E-state index in [1.54, 1.807) is 10.0 Å². The van der Waals surface area contributed by atoms with Crippen molar-refractivity contribution in [3.8, 4) is 0 Å². The van der Waals surface area contributed by atoms with E-state index in [9.17, 15) is 9.81 Å². The van der Waals surface area contributed by atoms with Crippen molar-refractivity contribution in [3.63, 3.8) is 0 Å². The Balaban J connectivity index is 2.00. The van der Waals surface area contributed by atoms with E-state index < -0.39 is 0 Å². The van der Waals surface area contributed by atoms with Crippen molar-refractivity contribution in [3.05, 3.63) is 9.81 Å². The normalized spacial score (nSPS) is 32.9. The van der Waals surface area contributed by atoms with E-state index in [1.807, 2.05) is 0 Å². The fourth-order valence-corrected chi connectivity index (χ4v) is 1.40. The Morgan fingerprint density at radius 1 is 0.846 bits per heavy atom. The number of hydrogen-bond donors (Lipinski definition) is 1. The first-order valence-corrected chi connectivity index (χ1v) is 3.74. The molecule has 0 saturated carbocycles. The predicted octanol–water partition coefficient (Wildman–Crippen LogP) is -1.17. The van der Waals surface area contributed by atoms with Crippen LogP contribution in [0.15, 0.2) is 10.6 Å². The summed E-state index contributed by atoms with van der Waals surface area (Å²) in [4.78, 5) is 20.5. The van der Waals surface area contributed by atoms with Crippen LogP contribution in [0.1, 0.15) is 0 Å². The number of nitroso groups, excluding NO2 is 2. The molecule has 0 aromatic heterocycles. The quantitative estimate of drug-likeness (QED) is 0.545. The maximum Gasteiger partial charge on any atom is 0.109 e. The van der Waals surface area contributed by atoms with Gasteiger partial charge in [-0.3, -0.25) is 0 Å². The third kappa shape index (κ3) is 1.56. The van der Waals surface area contributed by atoms with Gasteiger partial charge in [0, 0.05) is 0 Å². The van der Waals surface area contributed by atoms with Crippen LogP contribution in [0, 0.1) is 9.81 Å². The fraction of sp³-hybridized carbons (Fsp3) is 1.00. The van der Waals surface area contributed by atoms with Gasteiger partial charge in [-0.25, -0.2) is 10.0 Å². The van der Waals surface area contributed by atoms with E-state index in [-0.39, 0.29) is 0 Å². The van der Waals surface area contributed by atoms with Crippen molar-refractivity contribution < 1.29 is 0 Å². The lowest BCUT2D eigenvalue weighted by molar-refractivity contribution is -0.183. The summed E-state index contributed by atoms with van der Waals surface area (Å²) in [5.74, 6) is 0. The molecule has 0 atom stereocenters. The zero-order chi connectivity index (χ0) is 9.26. The molecule has 2 aliphatic heterocycles. The molecular formula is C4H9N7O2. The van der Waals surface area contributed by atoms with Crippen LogP contribution < -0.4 is 5.53 Å². The molecule has 0 aliphatic carbocycles. The lowest BCUT2D eigenvalue weighted by atomic mass is 10.6. The molecule has 2 bridgehead atoms. The van der Waals surface area contributed by atoms with Crippen LogP contribution in [0.2, 0.25) is 0 Å². The summed E-state index contributed by atoms with van der Waals surface area (Å²) >= 11 is 0. The molecular weight excluding hydrogens is 178 g/mol. The Bertz CT molecular complexity index is 189. The molecule has 2 fully saturated rings. The summed E-state index contributed by atoms with van der Waals surface area (Å²) in [6.45, 7) is 1.41. The molecule has 2 heterocycles. The van der Waals surface area contributed by atoms with E-state index >= 15 is 0 Å². The molecule has 0 aromatic carbocycles. The molecule has 0 unspecified atom stereocenters. The summed E-state index contributed by atoms with van der Waals surface area (Å²) in [5.41, 5.74) is 2.97. The van der Waals surface area contributed by atoms with E-state index in [0.29, 0.717) is 26.7 Å². The first-order valence-electron chi connectivity index (χ1n) is 3.74. The fourth-order valence-electron chi connectivity index (χ4n) is 1.40. The molecule has 0 aromatic rings. The van der Waals surface area contributed by atoms with Crippen LogP contribution in [-0.4, -0.2) is 46.7 Å². The molecule has 72 valence electrons. The topological polar surface area (TPSA) is 83.9 Å². The largest absolute Gasteiger partial charge is 0.229 e. The number of nitrogens with one attached hydrogen (secondary N) is 1. The van der Waals surface area contributed by atoms with Gasteiger partial charge < -0.3 is 0 Å². The SMILES string of the molecule is O=NN1CN2CN(N=O)CN(C1)N2. The van der Waals surface area contributed by atoms with Gasteiger partial charge in [0.1, 0.15) is 26.7 Å². The summed E-state index contributed by atoms with van der Waals surface area (Å²) in [6, 6.07) is 0. The van der Waals surface area contributed by atoms with Gasteiger partial charge in [0.2, 0.25) is 0 Å². The van der Waals surface area contributed by atoms with Crippen molar-refractivity contribution in [2.24, 2.45) is 10.6 Å². The minimum atomic E-state index is 0.353. The lowest BCUT2D eigenvalue weighted by Crippen LogP contribution is -2.68. The highest BCUT2D eigenvalue weighted by Crippen LogP contribution is 2.10. The van der Waals surface area contributed by atoms with Crippen molar-refractivity contribution >= 4 is 0 Å². The first kappa shape index (κ1) is 8.29. The van der Waals surface area contributed by atoms with Crippen molar-refractivity contribution in [1.29, 1.82) is 0 Å². The molecule has 2 aliphatic rings. The van der Waals surface area contributed by atoms with Gasteiger partial charge in [-0.15, -0.1) is 9.81 Å². The second kappa shape index (κ2) is 3.20. The highest BCUT2D eigenvalue weighted by Gasteiger charge is 2.30. The molecule has 0 spiro atoms.